The Hall–Kier alpha value is -2.18. The van der Waals surface area contributed by atoms with Crippen LogP contribution < -0.4 is 10.6 Å². The zero-order chi connectivity index (χ0) is 17.5. The molecule has 0 aliphatic carbocycles. The number of benzene rings is 1. The second-order valence-corrected chi connectivity index (χ2v) is 6.32. The van der Waals surface area contributed by atoms with Gasteiger partial charge in [-0.15, -0.1) is 0 Å². The minimum atomic E-state index is 0.0518. The summed E-state index contributed by atoms with van der Waals surface area (Å²) in [6, 6.07) is 10.4. The van der Waals surface area contributed by atoms with Gasteiger partial charge in [0.15, 0.2) is 0 Å². The van der Waals surface area contributed by atoms with E-state index in [4.69, 9.17) is 9.84 Å². The van der Waals surface area contributed by atoms with E-state index < -0.39 is 0 Å². The normalized spacial score (nSPS) is 16.8. The van der Waals surface area contributed by atoms with Gasteiger partial charge in [-0.25, -0.2) is 4.98 Å². The number of hydrogen-bond donors (Lipinski definition) is 3. The van der Waals surface area contributed by atoms with Gasteiger partial charge in [-0.1, -0.05) is 24.3 Å². The van der Waals surface area contributed by atoms with E-state index in [1.54, 1.807) is 0 Å². The number of rotatable bonds is 8. The highest BCUT2D eigenvalue weighted by molar-refractivity contribution is 5.43. The molecule has 0 amide bonds. The summed E-state index contributed by atoms with van der Waals surface area (Å²) >= 11 is 0. The lowest BCUT2D eigenvalue weighted by molar-refractivity contribution is 0.193. The van der Waals surface area contributed by atoms with Gasteiger partial charge in [0.05, 0.1) is 18.9 Å². The average molecular weight is 342 g/mol. The Kier molecular flexibility index (Phi) is 6.19. The molecule has 0 unspecified atom stereocenters. The van der Waals surface area contributed by atoms with Crippen LogP contribution in [0.5, 0.6) is 0 Å². The molecule has 0 radical (unpaired) electrons. The molecule has 2 heterocycles. The first-order chi connectivity index (χ1) is 12.3. The van der Waals surface area contributed by atoms with E-state index in [-0.39, 0.29) is 6.61 Å². The molecule has 6 heteroatoms. The lowest BCUT2D eigenvalue weighted by Gasteiger charge is -2.14. The van der Waals surface area contributed by atoms with E-state index in [9.17, 15) is 0 Å². The summed E-state index contributed by atoms with van der Waals surface area (Å²) < 4.78 is 5.48. The maximum absolute atomic E-state index is 9.02. The molecule has 0 spiro atoms. The van der Waals surface area contributed by atoms with E-state index >= 15 is 0 Å². The number of aliphatic hydroxyl groups is 1. The van der Waals surface area contributed by atoms with Crippen molar-refractivity contribution in [2.45, 2.75) is 25.7 Å². The molecule has 1 fully saturated rings. The number of hydrogen-bond acceptors (Lipinski definition) is 6. The van der Waals surface area contributed by atoms with Crippen LogP contribution in [0.4, 0.5) is 11.8 Å². The Bertz CT molecular complexity index is 687. The first-order valence-electron chi connectivity index (χ1n) is 8.86. The van der Waals surface area contributed by atoms with E-state index in [2.05, 4.69) is 51.8 Å². The number of nitrogens with zero attached hydrogens (tertiary/aromatic N) is 2. The number of aliphatic hydroxyl groups excluding tert-OH is 1. The third kappa shape index (κ3) is 4.90. The maximum atomic E-state index is 9.02. The SMILES string of the molecule is Cc1ccccc1CCNc1cc([C@H]2CCOC2)nc(NCCO)n1. The van der Waals surface area contributed by atoms with Crippen LogP contribution in [-0.2, 0) is 11.2 Å². The zero-order valence-electron chi connectivity index (χ0n) is 14.7. The highest BCUT2D eigenvalue weighted by Crippen LogP contribution is 2.26. The Labute approximate surface area is 148 Å². The third-order valence-electron chi connectivity index (χ3n) is 4.45. The summed E-state index contributed by atoms with van der Waals surface area (Å²) in [5.74, 6) is 1.68. The van der Waals surface area contributed by atoms with Crippen molar-refractivity contribution in [3.63, 3.8) is 0 Å². The van der Waals surface area contributed by atoms with Gasteiger partial charge in [0.2, 0.25) is 5.95 Å². The number of aromatic nitrogens is 2. The van der Waals surface area contributed by atoms with Crippen LogP contribution in [0.15, 0.2) is 30.3 Å². The molecule has 1 atom stereocenters. The number of aryl methyl sites for hydroxylation is 1. The van der Waals surface area contributed by atoms with E-state index in [0.29, 0.717) is 25.0 Å². The second-order valence-electron chi connectivity index (χ2n) is 6.32. The molecule has 1 saturated heterocycles. The monoisotopic (exact) mass is 342 g/mol. The molecule has 0 saturated carbocycles. The predicted molar refractivity (Wildman–Crippen MR) is 99.2 cm³/mol. The molecule has 1 aromatic heterocycles. The fourth-order valence-corrected chi connectivity index (χ4v) is 3.00. The van der Waals surface area contributed by atoms with Crippen molar-refractivity contribution < 1.29 is 9.84 Å². The van der Waals surface area contributed by atoms with Crippen molar-refractivity contribution in [3.05, 3.63) is 47.2 Å². The van der Waals surface area contributed by atoms with Crippen LogP contribution in [0.3, 0.4) is 0 Å². The molecule has 25 heavy (non-hydrogen) atoms. The smallest absolute Gasteiger partial charge is 0.224 e. The van der Waals surface area contributed by atoms with Gasteiger partial charge >= 0.3 is 0 Å². The Morgan fingerprint density at radius 3 is 2.84 bits per heavy atom. The lowest BCUT2D eigenvalue weighted by atomic mass is 10.0. The second kappa shape index (κ2) is 8.78. The van der Waals surface area contributed by atoms with Gasteiger partial charge < -0.3 is 20.5 Å². The summed E-state index contributed by atoms with van der Waals surface area (Å²) in [6.07, 6.45) is 1.93. The number of anilines is 2. The summed E-state index contributed by atoms with van der Waals surface area (Å²) in [5.41, 5.74) is 3.64. The lowest BCUT2D eigenvalue weighted by Crippen LogP contribution is -2.14. The average Bonchev–Trinajstić information content (AvgIpc) is 3.16. The summed E-state index contributed by atoms with van der Waals surface area (Å²) in [6.45, 7) is 4.92. The van der Waals surface area contributed by atoms with E-state index in [1.165, 1.54) is 11.1 Å². The highest BCUT2D eigenvalue weighted by atomic mass is 16.5. The molecule has 2 aromatic rings. The number of ether oxygens (including phenoxy) is 1. The predicted octanol–water partition coefficient (Wildman–Crippen LogP) is 2.35. The molecular formula is C19H26N4O2. The van der Waals surface area contributed by atoms with Crippen LogP contribution in [0.1, 0.15) is 29.2 Å². The minimum absolute atomic E-state index is 0.0518. The van der Waals surface area contributed by atoms with Crippen molar-refractivity contribution in [2.24, 2.45) is 0 Å². The van der Waals surface area contributed by atoms with Crippen LogP contribution in [-0.4, -0.2) is 48.0 Å². The fourth-order valence-electron chi connectivity index (χ4n) is 3.00. The van der Waals surface area contributed by atoms with Crippen molar-refractivity contribution in [2.75, 3.05) is 43.5 Å². The first kappa shape index (κ1) is 17.6. The standard InChI is InChI=1S/C19H26N4O2/c1-14-4-2-3-5-15(14)6-8-20-18-12-17(16-7-11-25-13-16)22-19(23-18)21-9-10-24/h2-5,12,16,24H,6-11,13H2,1H3,(H2,20,21,22,23)/t16-/m0/s1. The van der Waals surface area contributed by atoms with E-state index in [0.717, 1.165) is 37.5 Å². The van der Waals surface area contributed by atoms with Gasteiger partial charge in [-0.3, -0.25) is 0 Å². The molecule has 1 aliphatic heterocycles. The van der Waals surface area contributed by atoms with Gasteiger partial charge in [0, 0.05) is 31.7 Å². The van der Waals surface area contributed by atoms with Crippen molar-refractivity contribution >= 4 is 11.8 Å². The first-order valence-corrected chi connectivity index (χ1v) is 8.86. The van der Waals surface area contributed by atoms with Crippen molar-refractivity contribution in [1.82, 2.24) is 9.97 Å². The third-order valence-corrected chi connectivity index (χ3v) is 4.45. The molecule has 3 N–H and O–H groups in total. The largest absolute Gasteiger partial charge is 0.395 e. The maximum Gasteiger partial charge on any atom is 0.224 e. The van der Waals surface area contributed by atoms with Crippen molar-refractivity contribution in [3.8, 4) is 0 Å². The topological polar surface area (TPSA) is 79.3 Å². The summed E-state index contributed by atoms with van der Waals surface area (Å²) in [5, 5.41) is 15.5. The molecule has 0 bridgehead atoms. The number of nitrogens with one attached hydrogen (secondary N) is 2. The van der Waals surface area contributed by atoms with Gasteiger partial charge in [0.25, 0.3) is 0 Å². The van der Waals surface area contributed by atoms with Crippen LogP contribution in [0, 0.1) is 6.92 Å². The molecule has 1 aliphatic rings. The van der Waals surface area contributed by atoms with Gasteiger partial charge in [-0.2, -0.15) is 4.98 Å². The molecular weight excluding hydrogens is 316 g/mol. The Balaban J connectivity index is 1.68. The molecule has 134 valence electrons. The summed E-state index contributed by atoms with van der Waals surface area (Å²) in [4.78, 5) is 9.09. The van der Waals surface area contributed by atoms with Gasteiger partial charge in [-0.05, 0) is 30.9 Å². The zero-order valence-corrected chi connectivity index (χ0v) is 14.7. The fraction of sp³-hybridized carbons (Fsp3) is 0.474. The van der Waals surface area contributed by atoms with Gasteiger partial charge in [0.1, 0.15) is 5.82 Å². The van der Waals surface area contributed by atoms with Crippen molar-refractivity contribution in [1.29, 1.82) is 0 Å². The quantitative estimate of drug-likeness (QED) is 0.683. The summed E-state index contributed by atoms with van der Waals surface area (Å²) in [7, 11) is 0. The molecule has 6 nitrogen and oxygen atoms in total. The molecule has 1 aromatic carbocycles. The Morgan fingerprint density at radius 2 is 2.08 bits per heavy atom. The van der Waals surface area contributed by atoms with E-state index in [1.807, 2.05) is 6.07 Å². The van der Waals surface area contributed by atoms with Crippen LogP contribution in [0.25, 0.3) is 0 Å². The highest BCUT2D eigenvalue weighted by Gasteiger charge is 2.20. The Morgan fingerprint density at radius 1 is 1.20 bits per heavy atom. The molecule has 3 rings (SSSR count). The van der Waals surface area contributed by atoms with Crippen LogP contribution >= 0.6 is 0 Å². The van der Waals surface area contributed by atoms with Crippen LogP contribution in [0.2, 0.25) is 0 Å². The minimum Gasteiger partial charge on any atom is -0.395 e.